The van der Waals surface area contributed by atoms with E-state index in [2.05, 4.69) is 31.9 Å². The van der Waals surface area contributed by atoms with Crippen molar-refractivity contribution >= 4 is 43.3 Å². The Hall–Kier alpha value is -0.590. The van der Waals surface area contributed by atoms with Crippen LogP contribution in [0.15, 0.2) is 21.1 Å². The summed E-state index contributed by atoms with van der Waals surface area (Å²) in [6.45, 7) is 3.39. The highest BCUT2D eigenvalue weighted by Crippen LogP contribution is 2.35. The Labute approximate surface area is 130 Å². The van der Waals surface area contributed by atoms with Crippen molar-refractivity contribution < 1.29 is 14.0 Å². The maximum atomic E-state index is 11.2. The molecule has 4 nitrogen and oxygen atoms in total. The van der Waals surface area contributed by atoms with Crippen molar-refractivity contribution in [3.8, 4) is 5.75 Å². The fraction of sp³-hybridized carbons (Fsp3) is 0.462. The number of hydrogen-bond donors (Lipinski definition) is 1. The molecule has 0 bridgehead atoms. The predicted molar refractivity (Wildman–Crippen MR) is 84.3 cm³/mol. The summed E-state index contributed by atoms with van der Waals surface area (Å²) >= 11 is 6.85. The second-order valence-corrected chi connectivity index (χ2v) is 6.89. The number of carbonyl (C=O) groups is 1. The standard InChI is InChI=1S/C13H19Br2N2O2/c1-9(18)8-17(2,3)4-5-19-13-11(14)6-10(16)7-12(13)15/h6-7H,4-5,8,16H2,1-3H3/q+1. The Bertz CT molecular complexity index is 453. The van der Waals surface area contributed by atoms with Crippen molar-refractivity contribution in [1.82, 2.24) is 0 Å². The Balaban J connectivity index is 2.61. The highest BCUT2D eigenvalue weighted by molar-refractivity contribution is 9.11. The van der Waals surface area contributed by atoms with Crippen LogP contribution in [0, 0.1) is 0 Å². The average Bonchev–Trinajstić information content (AvgIpc) is 2.19. The Morgan fingerprint density at radius 1 is 1.32 bits per heavy atom. The molecule has 0 spiro atoms. The van der Waals surface area contributed by atoms with Gasteiger partial charge in [-0.1, -0.05) is 0 Å². The summed E-state index contributed by atoms with van der Waals surface area (Å²) in [5.74, 6) is 0.914. The van der Waals surface area contributed by atoms with Crippen molar-refractivity contribution in [2.45, 2.75) is 6.92 Å². The summed E-state index contributed by atoms with van der Waals surface area (Å²) in [5.41, 5.74) is 6.39. The number of ether oxygens (including phenoxy) is 1. The van der Waals surface area contributed by atoms with Crippen LogP contribution in [-0.4, -0.2) is 44.1 Å². The van der Waals surface area contributed by atoms with E-state index in [9.17, 15) is 4.79 Å². The lowest BCUT2D eigenvalue weighted by Crippen LogP contribution is -2.45. The lowest BCUT2D eigenvalue weighted by molar-refractivity contribution is -0.882. The SMILES string of the molecule is CC(=O)C[N+](C)(C)CCOc1c(Br)cc(N)cc1Br. The molecule has 0 saturated carbocycles. The fourth-order valence-electron chi connectivity index (χ4n) is 1.79. The van der Waals surface area contributed by atoms with Gasteiger partial charge in [0.1, 0.15) is 25.4 Å². The number of Topliss-reactive ketones (excluding diaryl/α,β-unsaturated/α-hetero) is 1. The molecular weight excluding hydrogens is 376 g/mol. The van der Waals surface area contributed by atoms with Gasteiger partial charge in [-0.15, -0.1) is 0 Å². The van der Waals surface area contributed by atoms with Crippen molar-refractivity contribution in [3.05, 3.63) is 21.1 Å². The zero-order valence-electron chi connectivity index (χ0n) is 11.4. The first-order valence-electron chi connectivity index (χ1n) is 5.90. The van der Waals surface area contributed by atoms with Crippen LogP contribution in [0.2, 0.25) is 0 Å². The monoisotopic (exact) mass is 393 g/mol. The van der Waals surface area contributed by atoms with Crippen molar-refractivity contribution in [2.75, 3.05) is 39.5 Å². The van der Waals surface area contributed by atoms with Crippen LogP contribution in [0.3, 0.4) is 0 Å². The molecule has 0 aliphatic carbocycles. The number of halogens is 2. The number of rotatable bonds is 6. The summed E-state index contributed by atoms with van der Waals surface area (Å²) in [5, 5.41) is 0. The summed E-state index contributed by atoms with van der Waals surface area (Å²) in [6, 6.07) is 3.60. The maximum Gasteiger partial charge on any atom is 0.183 e. The van der Waals surface area contributed by atoms with Gasteiger partial charge in [-0.05, 0) is 44.0 Å². The molecule has 2 N–H and O–H groups in total. The van der Waals surface area contributed by atoms with Crippen molar-refractivity contribution in [1.29, 1.82) is 0 Å². The summed E-state index contributed by atoms with van der Waals surface area (Å²) in [6.07, 6.45) is 0. The highest BCUT2D eigenvalue weighted by atomic mass is 79.9. The number of hydrogen-bond acceptors (Lipinski definition) is 3. The van der Waals surface area contributed by atoms with Gasteiger partial charge in [0, 0.05) is 12.6 Å². The zero-order chi connectivity index (χ0) is 14.6. The van der Waals surface area contributed by atoms with Crippen LogP contribution in [0.4, 0.5) is 5.69 Å². The number of nitrogens with two attached hydrogens (primary N) is 1. The second kappa shape index (κ2) is 6.72. The molecule has 0 heterocycles. The number of quaternary nitrogens is 1. The first-order chi connectivity index (χ1) is 8.71. The van der Waals surface area contributed by atoms with Gasteiger partial charge >= 0.3 is 0 Å². The molecule has 0 aliphatic heterocycles. The van der Waals surface area contributed by atoms with E-state index in [0.717, 1.165) is 21.2 Å². The molecule has 0 amide bonds. The number of ketones is 1. The van der Waals surface area contributed by atoms with E-state index in [-0.39, 0.29) is 5.78 Å². The summed E-state index contributed by atoms with van der Waals surface area (Å²) in [7, 11) is 4.02. The Morgan fingerprint density at radius 3 is 2.32 bits per heavy atom. The van der Waals surface area contributed by atoms with Crippen LogP contribution >= 0.6 is 31.9 Å². The van der Waals surface area contributed by atoms with Gasteiger partial charge in [-0.3, -0.25) is 4.79 Å². The molecule has 0 fully saturated rings. The number of anilines is 1. The van der Waals surface area contributed by atoms with E-state index >= 15 is 0 Å². The maximum absolute atomic E-state index is 11.2. The van der Waals surface area contributed by atoms with Crippen molar-refractivity contribution in [2.24, 2.45) is 0 Å². The molecule has 19 heavy (non-hydrogen) atoms. The lowest BCUT2D eigenvalue weighted by Gasteiger charge is -2.28. The number of likely N-dealkylation sites (N-methyl/N-ethyl adjacent to an activating group) is 1. The van der Waals surface area contributed by atoms with Crippen LogP contribution < -0.4 is 10.5 Å². The van der Waals surface area contributed by atoms with E-state index in [0.29, 0.717) is 23.3 Å². The number of carbonyl (C=O) groups excluding carboxylic acids is 1. The normalized spacial score (nSPS) is 11.4. The first-order valence-corrected chi connectivity index (χ1v) is 7.48. The van der Waals surface area contributed by atoms with Crippen LogP contribution in [0.5, 0.6) is 5.75 Å². The fourth-order valence-corrected chi connectivity index (χ4v) is 3.24. The second-order valence-electron chi connectivity index (χ2n) is 5.18. The molecule has 0 unspecified atom stereocenters. The van der Waals surface area contributed by atoms with Crippen molar-refractivity contribution in [3.63, 3.8) is 0 Å². The minimum Gasteiger partial charge on any atom is -0.485 e. The smallest absolute Gasteiger partial charge is 0.183 e. The van der Waals surface area contributed by atoms with Gasteiger partial charge < -0.3 is 15.0 Å². The third-order valence-corrected chi connectivity index (χ3v) is 3.79. The van der Waals surface area contributed by atoms with Gasteiger partial charge in [-0.25, -0.2) is 0 Å². The molecule has 1 aromatic carbocycles. The molecule has 0 aliphatic rings. The zero-order valence-corrected chi connectivity index (χ0v) is 14.5. The number of nitrogens with zero attached hydrogens (tertiary/aromatic N) is 1. The lowest BCUT2D eigenvalue weighted by atomic mass is 10.3. The van der Waals surface area contributed by atoms with Gasteiger partial charge in [0.15, 0.2) is 5.78 Å². The quantitative estimate of drug-likeness (QED) is 0.596. The molecule has 6 heteroatoms. The average molecular weight is 395 g/mol. The molecule has 0 saturated heterocycles. The molecular formula is C13H19Br2N2O2+. The van der Waals surface area contributed by atoms with Crippen LogP contribution in [0.1, 0.15) is 6.92 Å². The molecule has 0 radical (unpaired) electrons. The van der Waals surface area contributed by atoms with Gasteiger partial charge in [-0.2, -0.15) is 0 Å². The molecule has 1 aromatic rings. The molecule has 0 atom stereocenters. The largest absolute Gasteiger partial charge is 0.485 e. The third-order valence-electron chi connectivity index (χ3n) is 2.61. The minimum atomic E-state index is 0.180. The summed E-state index contributed by atoms with van der Waals surface area (Å²) < 4.78 is 8.01. The minimum absolute atomic E-state index is 0.180. The van der Waals surface area contributed by atoms with E-state index in [1.807, 2.05) is 14.1 Å². The number of nitrogen functional groups attached to an aromatic ring is 1. The van der Waals surface area contributed by atoms with E-state index in [1.54, 1.807) is 19.1 Å². The molecule has 106 valence electrons. The topological polar surface area (TPSA) is 52.3 Å². The Kier molecular flexibility index (Phi) is 5.82. The van der Waals surface area contributed by atoms with Crippen LogP contribution in [-0.2, 0) is 4.79 Å². The van der Waals surface area contributed by atoms with Gasteiger partial charge in [0.25, 0.3) is 0 Å². The first kappa shape index (κ1) is 16.5. The Morgan fingerprint density at radius 2 is 1.84 bits per heavy atom. The van der Waals surface area contributed by atoms with Gasteiger partial charge in [0.05, 0.1) is 23.0 Å². The van der Waals surface area contributed by atoms with Gasteiger partial charge in [0.2, 0.25) is 0 Å². The number of benzene rings is 1. The van der Waals surface area contributed by atoms with E-state index in [1.165, 1.54) is 0 Å². The predicted octanol–water partition coefficient (Wildman–Crippen LogP) is 2.84. The highest BCUT2D eigenvalue weighted by Gasteiger charge is 2.18. The van der Waals surface area contributed by atoms with E-state index < -0.39 is 0 Å². The van der Waals surface area contributed by atoms with E-state index in [4.69, 9.17) is 10.5 Å². The molecule has 1 rings (SSSR count). The third kappa shape index (κ3) is 5.50. The van der Waals surface area contributed by atoms with Crippen LogP contribution in [0.25, 0.3) is 0 Å². The molecule has 0 aromatic heterocycles. The summed E-state index contributed by atoms with van der Waals surface area (Å²) in [4.78, 5) is 11.2.